The molecule has 0 amide bonds. The van der Waals surface area contributed by atoms with E-state index in [0.29, 0.717) is 35.6 Å². The molecule has 3 rings (SSSR count). The fraction of sp³-hybridized carbons (Fsp3) is 0.529. The third kappa shape index (κ3) is 3.88. The van der Waals surface area contributed by atoms with Crippen LogP contribution in [0.4, 0.5) is 0 Å². The molecule has 1 aliphatic heterocycles. The fourth-order valence-electron chi connectivity index (χ4n) is 2.93. The van der Waals surface area contributed by atoms with Crippen LogP contribution in [0.25, 0.3) is 0 Å². The van der Waals surface area contributed by atoms with Gasteiger partial charge in [0.15, 0.2) is 0 Å². The quantitative estimate of drug-likeness (QED) is 0.825. The second kappa shape index (κ2) is 7.51. The highest BCUT2D eigenvalue weighted by Crippen LogP contribution is 2.31. The first-order chi connectivity index (χ1) is 11.6. The van der Waals surface area contributed by atoms with E-state index in [1.807, 2.05) is 32.0 Å². The molecule has 0 aliphatic carbocycles. The van der Waals surface area contributed by atoms with Crippen molar-refractivity contribution in [3.8, 4) is 5.75 Å². The van der Waals surface area contributed by atoms with Gasteiger partial charge in [-0.25, -0.2) is 0 Å². The zero-order chi connectivity index (χ0) is 17.1. The molecule has 0 spiro atoms. The smallest absolute Gasteiger partial charge is 0.246 e. The third-order valence-corrected chi connectivity index (χ3v) is 4.18. The van der Waals surface area contributed by atoms with Gasteiger partial charge in [0.25, 0.3) is 0 Å². The molecule has 2 atom stereocenters. The fourth-order valence-corrected chi connectivity index (χ4v) is 3.18. The average Bonchev–Trinajstić information content (AvgIpc) is 2.98. The van der Waals surface area contributed by atoms with Gasteiger partial charge in [0, 0.05) is 18.7 Å². The van der Waals surface area contributed by atoms with Gasteiger partial charge in [-0.3, -0.25) is 0 Å². The Balaban J connectivity index is 1.76. The molecule has 1 aromatic heterocycles. The van der Waals surface area contributed by atoms with E-state index in [9.17, 15) is 0 Å². The highest BCUT2D eigenvalue weighted by atomic mass is 35.5. The highest BCUT2D eigenvalue weighted by Gasteiger charge is 2.28. The Morgan fingerprint density at radius 1 is 1.33 bits per heavy atom. The number of morpholine rings is 1. The molecule has 24 heavy (non-hydrogen) atoms. The Hall–Kier alpha value is -1.63. The molecule has 6 nitrogen and oxygen atoms in total. The van der Waals surface area contributed by atoms with Crippen LogP contribution < -0.4 is 4.74 Å². The van der Waals surface area contributed by atoms with Crippen molar-refractivity contribution in [3.63, 3.8) is 0 Å². The molecule has 0 unspecified atom stereocenters. The minimum atomic E-state index is -0.189. The number of hydrogen-bond donors (Lipinski definition) is 0. The zero-order valence-electron chi connectivity index (χ0n) is 14.2. The number of ether oxygens (including phenoxy) is 2. The van der Waals surface area contributed by atoms with Crippen LogP contribution in [0.2, 0.25) is 5.02 Å². The number of benzene rings is 1. The molecule has 0 N–H and O–H groups in total. The number of para-hydroxylation sites is 1. The molecule has 1 aromatic carbocycles. The maximum absolute atomic E-state index is 6.22. The number of halogens is 1. The van der Waals surface area contributed by atoms with E-state index in [4.69, 9.17) is 25.5 Å². The zero-order valence-corrected chi connectivity index (χ0v) is 14.9. The summed E-state index contributed by atoms with van der Waals surface area (Å²) in [5.74, 6) is 1.71. The predicted octanol–water partition coefficient (Wildman–Crippen LogP) is 3.10. The first kappa shape index (κ1) is 17.2. The van der Waals surface area contributed by atoms with E-state index < -0.39 is 0 Å². The first-order valence-corrected chi connectivity index (χ1v) is 8.51. The SMILES string of the molecule is CCOc1c(Cl)cccc1Cc1nnc([C@H]2CN(C)C[C@@H](C)O2)o1. The molecule has 2 heterocycles. The summed E-state index contributed by atoms with van der Waals surface area (Å²) < 4.78 is 17.4. The van der Waals surface area contributed by atoms with Gasteiger partial charge in [-0.2, -0.15) is 0 Å². The lowest BCUT2D eigenvalue weighted by Gasteiger charge is -2.32. The lowest BCUT2D eigenvalue weighted by molar-refractivity contribution is -0.0825. The van der Waals surface area contributed by atoms with Gasteiger partial charge in [-0.15, -0.1) is 10.2 Å². The Labute approximate surface area is 146 Å². The molecule has 1 fully saturated rings. The van der Waals surface area contributed by atoms with E-state index in [1.165, 1.54) is 0 Å². The predicted molar refractivity (Wildman–Crippen MR) is 90.5 cm³/mol. The van der Waals surface area contributed by atoms with Crippen molar-refractivity contribution in [2.24, 2.45) is 0 Å². The molecular formula is C17H22ClN3O3. The van der Waals surface area contributed by atoms with Crippen LogP contribution >= 0.6 is 11.6 Å². The summed E-state index contributed by atoms with van der Waals surface area (Å²) in [6.07, 6.45) is 0.424. The molecule has 1 aliphatic rings. The Morgan fingerprint density at radius 2 is 2.17 bits per heavy atom. The summed E-state index contributed by atoms with van der Waals surface area (Å²) in [4.78, 5) is 2.20. The van der Waals surface area contributed by atoms with E-state index in [-0.39, 0.29) is 12.2 Å². The van der Waals surface area contributed by atoms with Crippen molar-refractivity contribution in [1.82, 2.24) is 15.1 Å². The topological polar surface area (TPSA) is 60.6 Å². The van der Waals surface area contributed by atoms with E-state index in [0.717, 1.165) is 18.7 Å². The molecule has 0 radical (unpaired) electrons. The van der Waals surface area contributed by atoms with E-state index in [1.54, 1.807) is 0 Å². The van der Waals surface area contributed by atoms with Crippen LogP contribution in [-0.4, -0.2) is 47.9 Å². The lowest BCUT2D eigenvalue weighted by atomic mass is 10.1. The molecular weight excluding hydrogens is 330 g/mol. The van der Waals surface area contributed by atoms with Crippen LogP contribution in [0.1, 0.15) is 37.3 Å². The Kier molecular flexibility index (Phi) is 5.38. The van der Waals surface area contributed by atoms with Gasteiger partial charge in [-0.05, 0) is 27.0 Å². The second-order valence-corrected chi connectivity index (χ2v) is 6.44. The van der Waals surface area contributed by atoms with Gasteiger partial charge in [0.05, 0.1) is 24.2 Å². The maximum Gasteiger partial charge on any atom is 0.246 e. The van der Waals surface area contributed by atoms with Crippen LogP contribution in [0.5, 0.6) is 5.75 Å². The summed E-state index contributed by atoms with van der Waals surface area (Å²) in [7, 11) is 2.06. The largest absolute Gasteiger partial charge is 0.492 e. The minimum Gasteiger partial charge on any atom is -0.492 e. The molecule has 0 bridgehead atoms. The van der Waals surface area contributed by atoms with Crippen molar-refractivity contribution in [3.05, 3.63) is 40.6 Å². The van der Waals surface area contributed by atoms with Gasteiger partial charge in [-0.1, -0.05) is 23.7 Å². The van der Waals surface area contributed by atoms with Gasteiger partial charge < -0.3 is 18.8 Å². The Morgan fingerprint density at radius 3 is 2.92 bits per heavy atom. The summed E-state index contributed by atoms with van der Waals surface area (Å²) in [5.41, 5.74) is 0.926. The van der Waals surface area contributed by atoms with E-state index >= 15 is 0 Å². The number of nitrogens with zero attached hydrogens (tertiary/aromatic N) is 3. The van der Waals surface area contributed by atoms with Crippen molar-refractivity contribution in [2.75, 3.05) is 26.7 Å². The van der Waals surface area contributed by atoms with Crippen LogP contribution in [0, 0.1) is 0 Å². The number of aromatic nitrogens is 2. The molecule has 130 valence electrons. The van der Waals surface area contributed by atoms with Gasteiger partial charge in [0.2, 0.25) is 11.8 Å². The maximum atomic E-state index is 6.22. The highest BCUT2D eigenvalue weighted by molar-refractivity contribution is 6.32. The lowest BCUT2D eigenvalue weighted by Crippen LogP contribution is -2.40. The standard InChI is InChI=1S/C17H22ClN3O3/c1-4-22-16-12(6-5-7-13(16)18)8-15-19-20-17(24-15)14-10-21(3)9-11(2)23-14/h5-7,11,14H,4,8-10H2,1-3H3/t11-,14-/m1/s1. The molecule has 1 saturated heterocycles. The second-order valence-electron chi connectivity index (χ2n) is 6.03. The average molecular weight is 352 g/mol. The Bertz CT molecular complexity index is 681. The summed E-state index contributed by atoms with van der Waals surface area (Å²) in [5, 5.41) is 8.90. The molecule has 7 heteroatoms. The van der Waals surface area contributed by atoms with E-state index in [2.05, 4.69) is 22.1 Å². The van der Waals surface area contributed by atoms with Crippen LogP contribution in [0.15, 0.2) is 22.6 Å². The van der Waals surface area contributed by atoms with Gasteiger partial charge >= 0.3 is 0 Å². The van der Waals surface area contributed by atoms with Crippen molar-refractivity contribution >= 4 is 11.6 Å². The summed E-state index contributed by atoms with van der Waals surface area (Å²) in [6.45, 7) is 6.16. The summed E-state index contributed by atoms with van der Waals surface area (Å²) in [6, 6.07) is 5.65. The molecule has 0 saturated carbocycles. The van der Waals surface area contributed by atoms with Crippen molar-refractivity contribution in [1.29, 1.82) is 0 Å². The van der Waals surface area contributed by atoms with Crippen molar-refractivity contribution < 1.29 is 13.9 Å². The van der Waals surface area contributed by atoms with Gasteiger partial charge in [0.1, 0.15) is 11.9 Å². The number of hydrogen-bond acceptors (Lipinski definition) is 6. The van der Waals surface area contributed by atoms with Crippen molar-refractivity contribution in [2.45, 2.75) is 32.5 Å². The minimum absolute atomic E-state index is 0.140. The van der Waals surface area contributed by atoms with Crippen LogP contribution in [-0.2, 0) is 11.2 Å². The first-order valence-electron chi connectivity index (χ1n) is 8.13. The summed E-state index contributed by atoms with van der Waals surface area (Å²) >= 11 is 6.22. The number of likely N-dealkylation sites (N-methyl/N-ethyl adjacent to an activating group) is 1. The molecule has 2 aromatic rings. The third-order valence-electron chi connectivity index (χ3n) is 3.88. The normalized spacial score (nSPS) is 21.8. The monoisotopic (exact) mass is 351 g/mol. The van der Waals surface area contributed by atoms with Crippen LogP contribution in [0.3, 0.4) is 0 Å². The number of rotatable bonds is 5.